The average molecular weight is 241 g/mol. The second kappa shape index (κ2) is 5.32. The fourth-order valence-corrected chi connectivity index (χ4v) is 1.56. The van der Waals surface area contributed by atoms with Gasteiger partial charge >= 0.3 is 0 Å². The fourth-order valence-electron chi connectivity index (χ4n) is 1.31. The van der Waals surface area contributed by atoms with Crippen molar-refractivity contribution in [2.24, 2.45) is 5.92 Å². The molecule has 2 rings (SSSR count). The molecule has 1 saturated carbocycles. The van der Waals surface area contributed by atoms with Crippen LogP contribution >= 0.6 is 11.6 Å². The quantitative estimate of drug-likeness (QED) is 0.436. The Morgan fingerprint density at radius 2 is 2.25 bits per heavy atom. The molecule has 86 valence electrons. The van der Waals surface area contributed by atoms with E-state index >= 15 is 0 Å². The van der Waals surface area contributed by atoms with E-state index < -0.39 is 0 Å². The number of benzene rings is 1. The number of ether oxygens (including phenoxy) is 2. The van der Waals surface area contributed by atoms with Gasteiger partial charge in [0.05, 0.1) is 11.6 Å². The van der Waals surface area contributed by atoms with E-state index in [9.17, 15) is 4.79 Å². The highest BCUT2D eigenvalue weighted by molar-refractivity contribution is 6.32. The maximum Gasteiger partial charge on any atom is 0.189 e. The summed E-state index contributed by atoms with van der Waals surface area (Å²) >= 11 is 5.92. The highest BCUT2D eigenvalue weighted by Gasteiger charge is 2.21. The zero-order valence-corrected chi connectivity index (χ0v) is 9.57. The molecule has 0 N–H and O–H groups in total. The molecule has 4 heteroatoms. The predicted octanol–water partition coefficient (Wildman–Crippen LogP) is 2.92. The van der Waals surface area contributed by atoms with Crippen molar-refractivity contribution in [3.8, 4) is 5.75 Å². The van der Waals surface area contributed by atoms with Crippen LogP contribution in [0, 0.1) is 5.92 Å². The summed E-state index contributed by atoms with van der Waals surface area (Å²) in [5, 5.41) is 0.430. The number of halogens is 1. The van der Waals surface area contributed by atoms with Crippen LogP contribution in [0.15, 0.2) is 18.2 Å². The first-order valence-corrected chi connectivity index (χ1v) is 5.62. The molecule has 16 heavy (non-hydrogen) atoms. The SMILES string of the molecule is O=Cc1ccc(OCOCC2CC2)c(Cl)c1. The Morgan fingerprint density at radius 1 is 1.44 bits per heavy atom. The van der Waals surface area contributed by atoms with E-state index in [4.69, 9.17) is 21.1 Å². The van der Waals surface area contributed by atoms with Crippen molar-refractivity contribution in [2.75, 3.05) is 13.4 Å². The van der Waals surface area contributed by atoms with Gasteiger partial charge in [0.1, 0.15) is 12.0 Å². The normalized spacial score (nSPS) is 14.8. The summed E-state index contributed by atoms with van der Waals surface area (Å²) in [6, 6.07) is 4.91. The Morgan fingerprint density at radius 3 is 2.88 bits per heavy atom. The lowest BCUT2D eigenvalue weighted by atomic mass is 10.2. The van der Waals surface area contributed by atoms with Crippen molar-refractivity contribution in [1.82, 2.24) is 0 Å². The molecule has 3 nitrogen and oxygen atoms in total. The van der Waals surface area contributed by atoms with E-state index in [0.717, 1.165) is 18.8 Å². The molecule has 0 heterocycles. The van der Waals surface area contributed by atoms with Crippen molar-refractivity contribution in [1.29, 1.82) is 0 Å². The van der Waals surface area contributed by atoms with Gasteiger partial charge in [0.25, 0.3) is 0 Å². The van der Waals surface area contributed by atoms with Crippen LogP contribution in [0.4, 0.5) is 0 Å². The number of aldehydes is 1. The van der Waals surface area contributed by atoms with Gasteiger partial charge in [-0.1, -0.05) is 11.6 Å². The first kappa shape index (κ1) is 11.4. The molecule has 0 aromatic heterocycles. The molecule has 1 fully saturated rings. The van der Waals surface area contributed by atoms with E-state index in [1.54, 1.807) is 18.2 Å². The molecule has 0 spiro atoms. The van der Waals surface area contributed by atoms with Crippen molar-refractivity contribution >= 4 is 17.9 Å². The van der Waals surface area contributed by atoms with Gasteiger partial charge in [-0.25, -0.2) is 0 Å². The van der Waals surface area contributed by atoms with Crippen LogP contribution in [0.5, 0.6) is 5.75 Å². The lowest BCUT2D eigenvalue weighted by Gasteiger charge is -2.08. The smallest absolute Gasteiger partial charge is 0.189 e. The van der Waals surface area contributed by atoms with Crippen LogP contribution < -0.4 is 4.74 Å². The standard InChI is InChI=1S/C12H13ClO3/c13-11-5-10(6-14)3-4-12(11)16-8-15-7-9-1-2-9/h3-6,9H,1-2,7-8H2. The maximum atomic E-state index is 10.5. The highest BCUT2D eigenvalue weighted by Crippen LogP contribution is 2.29. The molecule has 1 aliphatic carbocycles. The van der Waals surface area contributed by atoms with E-state index in [-0.39, 0.29) is 6.79 Å². The first-order chi connectivity index (χ1) is 7.79. The van der Waals surface area contributed by atoms with Crippen molar-refractivity contribution in [3.05, 3.63) is 28.8 Å². The van der Waals surface area contributed by atoms with Crippen LogP contribution in [-0.2, 0) is 4.74 Å². The van der Waals surface area contributed by atoms with Gasteiger partial charge in [-0.2, -0.15) is 0 Å². The summed E-state index contributed by atoms with van der Waals surface area (Å²) < 4.78 is 10.7. The number of rotatable bonds is 6. The van der Waals surface area contributed by atoms with Gasteiger partial charge in [0.15, 0.2) is 6.79 Å². The van der Waals surface area contributed by atoms with E-state index in [2.05, 4.69) is 0 Å². The van der Waals surface area contributed by atoms with Crippen LogP contribution in [0.25, 0.3) is 0 Å². The van der Waals surface area contributed by atoms with Gasteiger partial charge in [-0.3, -0.25) is 4.79 Å². The third kappa shape index (κ3) is 3.22. The molecule has 0 unspecified atom stereocenters. The molecule has 0 atom stereocenters. The molecular weight excluding hydrogens is 228 g/mol. The molecule has 1 aromatic carbocycles. The van der Waals surface area contributed by atoms with Gasteiger partial charge in [0.2, 0.25) is 0 Å². The Hall–Kier alpha value is -1.06. The number of carbonyl (C=O) groups is 1. The molecular formula is C12H13ClO3. The van der Waals surface area contributed by atoms with Crippen LogP contribution in [0.1, 0.15) is 23.2 Å². The van der Waals surface area contributed by atoms with Gasteiger partial charge in [0, 0.05) is 5.56 Å². The van der Waals surface area contributed by atoms with Crippen molar-refractivity contribution in [2.45, 2.75) is 12.8 Å². The highest BCUT2D eigenvalue weighted by atomic mass is 35.5. The lowest BCUT2D eigenvalue weighted by Crippen LogP contribution is -2.05. The van der Waals surface area contributed by atoms with E-state index in [1.165, 1.54) is 12.8 Å². The first-order valence-electron chi connectivity index (χ1n) is 5.25. The molecule has 0 amide bonds. The third-order valence-electron chi connectivity index (χ3n) is 2.44. The van der Waals surface area contributed by atoms with E-state index in [0.29, 0.717) is 16.3 Å². The Balaban J connectivity index is 1.80. The van der Waals surface area contributed by atoms with Crippen LogP contribution in [-0.4, -0.2) is 19.7 Å². The minimum atomic E-state index is 0.205. The Kier molecular flexibility index (Phi) is 3.80. The van der Waals surface area contributed by atoms with Crippen LogP contribution in [0.3, 0.4) is 0 Å². The molecule has 0 radical (unpaired) electrons. The molecule has 1 aromatic rings. The average Bonchev–Trinajstić information content (AvgIpc) is 3.10. The monoisotopic (exact) mass is 240 g/mol. The second-order valence-electron chi connectivity index (χ2n) is 3.88. The van der Waals surface area contributed by atoms with Crippen molar-refractivity contribution in [3.63, 3.8) is 0 Å². The summed E-state index contributed by atoms with van der Waals surface area (Å²) in [4.78, 5) is 10.5. The largest absolute Gasteiger partial charge is 0.466 e. The van der Waals surface area contributed by atoms with Gasteiger partial charge in [-0.05, 0) is 37.0 Å². The zero-order chi connectivity index (χ0) is 11.4. The predicted molar refractivity (Wildman–Crippen MR) is 61.0 cm³/mol. The summed E-state index contributed by atoms with van der Waals surface area (Å²) in [6.45, 7) is 0.959. The van der Waals surface area contributed by atoms with Gasteiger partial charge in [-0.15, -0.1) is 0 Å². The van der Waals surface area contributed by atoms with E-state index in [1.807, 2.05) is 0 Å². The molecule has 0 bridgehead atoms. The summed E-state index contributed by atoms with van der Waals surface area (Å²) in [6.07, 6.45) is 3.27. The fraction of sp³-hybridized carbons (Fsp3) is 0.417. The second-order valence-corrected chi connectivity index (χ2v) is 4.29. The van der Waals surface area contributed by atoms with Crippen molar-refractivity contribution < 1.29 is 14.3 Å². The minimum absolute atomic E-state index is 0.205. The Labute approximate surface area is 99.3 Å². The van der Waals surface area contributed by atoms with Crippen LogP contribution in [0.2, 0.25) is 5.02 Å². The topological polar surface area (TPSA) is 35.5 Å². The lowest BCUT2D eigenvalue weighted by molar-refractivity contribution is 0.0100. The summed E-state index contributed by atoms with van der Waals surface area (Å²) in [5.74, 6) is 1.26. The maximum absolute atomic E-state index is 10.5. The molecule has 1 aliphatic rings. The summed E-state index contributed by atoms with van der Waals surface area (Å²) in [7, 11) is 0. The molecule has 0 aliphatic heterocycles. The summed E-state index contributed by atoms with van der Waals surface area (Å²) in [5.41, 5.74) is 0.538. The third-order valence-corrected chi connectivity index (χ3v) is 2.74. The number of hydrogen-bond acceptors (Lipinski definition) is 3. The minimum Gasteiger partial charge on any atom is -0.466 e. The number of hydrogen-bond donors (Lipinski definition) is 0. The van der Waals surface area contributed by atoms with Gasteiger partial charge < -0.3 is 9.47 Å². The zero-order valence-electron chi connectivity index (χ0n) is 8.82. The molecule has 0 saturated heterocycles. The Bertz CT molecular complexity index is 375. The number of carbonyl (C=O) groups excluding carboxylic acids is 1.